The number of halogens is 2. The first-order valence-electron chi connectivity index (χ1n) is 6.45. The summed E-state index contributed by atoms with van der Waals surface area (Å²) >= 11 is 7.38. The van der Waals surface area contributed by atoms with Crippen LogP contribution in [-0.4, -0.2) is 14.6 Å². The third-order valence-corrected chi connectivity index (χ3v) is 4.93. The molecule has 98 valence electrons. The molecule has 0 bridgehead atoms. The van der Waals surface area contributed by atoms with Crippen molar-refractivity contribution in [3.05, 3.63) is 15.9 Å². The summed E-state index contributed by atoms with van der Waals surface area (Å²) in [5.74, 6) is 0. The fourth-order valence-electron chi connectivity index (χ4n) is 2.06. The Balaban J connectivity index is 2.51. The Morgan fingerprint density at radius 2 is 2.00 bits per heavy atom. The van der Waals surface area contributed by atoms with Gasteiger partial charge in [0.2, 0.25) is 0 Å². The van der Waals surface area contributed by atoms with Crippen LogP contribution in [0.2, 0.25) is 0 Å². The quantitative estimate of drug-likeness (QED) is 0.631. The van der Waals surface area contributed by atoms with E-state index in [2.05, 4.69) is 62.4 Å². The second kappa shape index (κ2) is 7.57. The van der Waals surface area contributed by atoms with Crippen LogP contribution in [0, 0.1) is 6.92 Å². The highest BCUT2D eigenvalue weighted by atomic mass is 79.9. The first-order chi connectivity index (χ1) is 8.10. The summed E-state index contributed by atoms with van der Waals surface area (Å²) in [7, 11) is 0. The molecule has 0 aliphatic rings. The lowest BCUT2D eigenvalue weighted by Crippen LogP contribution is -2.05. The lowest BCUT2D eigenvalue weighted by molar-refractivity contribution is 0.587. The molecule has 0 aliphatic heterocycles. The summed E-state index contributed by atoms with van der Waals surface area (Å²) in [6.07, 6.45) is 6.10. The Morgan fingerprint density at radius 3 is 2.59 bits per heavy atom. The van der Waals surface area contributed by atoms with Crippen LogP contribution in [0.5, 0.6) is 0 Å². The van der Waals surface area contributed by atoms with Gasteiger partial charge in [0, 0.05) is 11.4 Å². The molecular formula is C13H22Br2N2. The molecule has 0 N–H and O–H groups in total. The maximum absolute atomic E-state index is 4.52. The number of aromatic nitrogens is 2. The van der Waals surface area contributed by atoms with Crippen molar-refractivity contribution in [2.45, 2.75) is 64.2 Å². The highest BCUT2D eigenvalue weighted by Crippen LogP contribution is 2.24. The van der Waals surface area contributed by atoms with Crippen LogP contribution < -0.4 is 0 Å². The predicted octanol–water partition coefficient (Wildman–Crippen LogP) is 4.86. The van der Waals surface area contributed by atoms with E-state index < -0.39 is 0 Å². The van der Waals surface area contributed by atoms with Gasteiger partial charge in [-0.2, -0.15) is 5.10 Å². The van der Waals surface area contributed by atoms with Gasteiger partial charge in [0.1, 0.15) is 0 Å². The van der Waals surface area contributed by atoms with E-state index >= 15 is 0 Å². The van der Waals surface area contributed by atoms with Gasteiger partial charge in [-0.15, -0.1) is 0 Å². The minimum atomic E-state index is 0.672. The molecule has 1 rings (SSSR count). The number of hydrogen-bond donors (Lipinski definition) is 0. The Bertz CT molecular complexity index is 347. The normalized spacial score (nSPS) is 13.0. The van der Waals surface area contributed by atoms with Gasteiger partial charge in [-0.25, -0.2) is 0 Å². The molecule has 17 heavy (non-hydrogen) atoms. The Hall–Kier alpha value is 0.170. The molecule has 0 amide bonds. The van der Waals surface area contributed by atoms with E-state index in [4.69, 9.17) is 0 Å². The van der Waals surface area contributed by atoms with Crippen molar-refractivity contribution < 1.29 is 0 Å². The van der Waals surface area contributed by atoms with Gasteiger partial charge in [-0.05, 0) is 55.5 Å². The van der Waals surface area contributed by atoms with Crippen molar-refractivity contribution in [3.63, 3.8) is 0 Å². The molecule has 0 saturated carbocycles. The smallest absolute Gasteiger partial charge is 0.0738 e. The molecule has 1 unspecified atom stereocenters. The number of nitrogens with zero attached hydrogens (tertiary/aromatic N) is 2. The van der Waals surface area contributed by atoms with Gasteiger partial charge in [0.15, 0.2) is 0 Å². The van der Waals surface area contributed by atoms with Crippen molar-refractivity contribution in [1.82, 2.24) is 9.78 Å². The van der Waals surface area contributed by atoms with Crippen molar-refractivity contribution >= 4 is 31.9 Å². The molecule has 4 heteroatoms. The monoisotopic (exact) mass is 364 g/mol. The summed E-state index contributed by atoms with van der Waals surface area (Å²) in [6, 6.07) is 0. The number of rotatable bonds is 7. The molecule has 0 radical (unpaired) electrons. The zero-order valence-corrected chi connectivity index (χ0v) is 14.1. The molecule has 0 saturated heterocycles. The molecule has 0 fully saturated rings. The second-order valence-corrected chi connectivity index (χ2v) is 6.53. The molecule has 1 aromatic rings. The van der Waals surface area contributed by atoms with E-state index in [1.807, 2.05) is 0 Å². The van der Waals surface area contributed by atoms with Gasteiger partial charge in [-0.1, -0.05) is 29.3 Å². The zero-order valence-electron chi connectivity index (χ0n) is 11.0. The highest BCUT2D eigenvalue weighted by molar-refractivity contribution is 9.10. The first-order valence-corrected chi connectivity index (χ1v) is 8.16. The number of alkyl halides is 1. The van der Waals surface area contributed by atoms with E-state index in [1.54, 1.807) is 0 Å². The lowest BCUT2D eigenvalue weighted by atomic mass is 10.1. The molecule has 1 aromatic heterocycles. The maximum atomic E-state index is 4.52. The minimum Gasteiger partial charge on any atom is -0.268 e. The number of hydrogen-bond acceptors (Lipinski definition) is 1. The van der Waals surface area contributed by atoms with Crippen molar-refractivity contribution in [2.75, 3.05) is 0 Å². The summed E-state index contributed by atoms with van der Waals surface area (Å²) in [4.78, 5) is 0.672. The Labute approximate surface area is 121 Å². The van der Waals surface area contributed by atoms with Crippen LogP contribution in [0.4, 0.5) is 0 Å². The highest BCUT2D eigenvalue weighted by Gasteiger charge is 2.12. The van der Waals surface area contributed by atoms with Gasteiger partial charge >= 0.3 is 0 Å². The van der Waals surface area contributed by atoms with E-state index in [9.17, 15) is 0 Å². The fourth-order valence-corrected chi connectivity index (χ4v) is 3.32. The molecular weight excluding hydrogens is 344 g/mol. The SMILES string of the molecule is CCCC(Br)CCCc1c(Br)c(C)nn1CC. The maximum Gasteiger partial charge on any atom is 0.0738 e. The molecule has 0 aliphatic carbocycles. The second-order valence-electron chi connectivity index (χ2n) is 4.44. The van der Waals surface area contributed by atoms with Crippen LogP contribution in [-0.2, 0) is 13.0 Å². The Morgan fingerprint density at radius 1 is 1.29 bits per heavy atom. The summed E-state index contributed by atoms with van der Waals surface area (Å²) < 4.78 is 3.31. The molecule has 0 spiro atoms. The van der Waals surface area contributed by atoms with E-state index in [-0.39, 0.29) is 0 Å². The fraction of sp³-hybridized carbons (Fsp3) is 0.769. The van der Waals surface area contributed by atoms with Gasteiger partial charge < -0.3 is 0 Å². The third-order valence-electron chi connectivity index (χ3n) is 2.99. The van der Waals surface area contributed by atoms with Gasteiger partial charge in [0.05, 0.1) is 15.9 Å². The zero-order chi connectivity index (χ0) is 12.8. The average molecular weight is 366 g/mol. The third kappa shape index (κ3) is 4.40. The van der Waals surface area contributed by atoms with E-state index in [1.165, 1.54) is 35.8 Å². The van der Waals surface area contributed by atoms with Crippen LogP contribution in [0.15, 0.2) is 4.47 Å². The van der Waals surface area contributed by atoms with Crippen LogP contribution in [0.25, 0.3) is 0 Å². The van der Waals surface area contributed by atoms with Crippen molar-refractivity contribution in [1.29, 1.82) is 0 Å². The average Bonchev–Trinajstić information content (AvgIpc) is 2.57. The summed E-state index contributed by atoms with van der Waals surface area (Å²) in [5, 5.41) is 4.52. The van der Waals surface area contributed by atoms with E-state index in [0.29, 0.717) is 4.83 Å². The predicted molar refractivity (Wildman–Crippen MR) is 80.9 cm³/mol. The topological polar surface area (TPSA) is 17.8 Å². The molecule has 2 nitrogen and oxygen atoms in total. The first kappa shape index (κ1) is 15.2. The summed E-state index contributed by atoms with van der Waals surface area (Å²) in [5.41, 5.74) is 2.45. The standard InChI is InChI=1S/C13H22Br2N2/c1-4-7-11(14)8-6-9-12-13(15)10(3)16-17(12)5-2/h11H,4-9H2,1-3H3. The largest absolute Gasteiger partial charge is 0.268 e. The molecule has 0 aromatic carbocycles. The minimum absolute atomic E-state index is 0.672. The van der Waals surface area contributed by atoms with Crippen LogP contribution in [0.3, 0.4) is 0 Å². The lowest BCUT2D eigenvalue weighted by Gasteiger charge is -2.09. The van der Waals surface area contributed by atoms with Crippen molar-refractivity contribution in [2.24, 2.45) is 0 Å². The van der Waals surface area contributed by atoms with E-state index in [0.717, 1.165) is 18.7 Å². The van der Waals surface area contributed by atoms with Crippen LogP contribution in [0.1, 0.15) is 50.9 Å². The van der Waals surface area contributed by atoms with Gasteiger partial charge in [-0.3, -0.25) is 4.68 Å². The number of aryl methyl sites for hydroxylation is 2. The molecule has 1 atom stereocenters. The Kier molecular flexibility index (Phi) is 6.78. The van der Waals surface area contributed by atoms with Crippen molar-refractivity contribution in [3.8, 4) is 0 Å². The molecule has 1 heterocycles. The van der Waals surface area contributed by atoms with Gasteiger partial charge in [0.25, 0.3) is 0 Å². The van der Waals surface area contributed by atoms with Crippen LogP contribution >= 0.6 is 31.9 Å². The summed E-state index contributed by atoms with van der Waals surface area (Å²) in [6.45, 7) is 7.39.